The van der Waals surface area contributed by atoms with E-state index in [2.05, 4.69) is 5.32 Å². The summed E-state index contributed by atoms with van der Waals surface area (Å²) in [7, 11) is 4.67. The Labute approximate surface area is 188 Å². The van der Waals surface area contributed by atoms with Gasteiger partial charge in [0, 0.05) is 26.8 Å². The summed E-state index contributed by atoms with van der Waals surface area (Å²) in [5.41, 5.74) is 1.45. The molecule has 0 heterocycles. The molecule has 0 fully saturated rings. The van der Waals surface area contributed by atoms with E-state index in [1.807, 2.05) is 0 Å². The molecule has 2 aromatic rings. The number of hydrogen-bond acceptors (Lipinski definition) is 5. The molecule has 2 aromatic carbocycles. The molecule has 0 aliphatic heterocycles. The number of rotatable bonds is 12. The molecule has 2 amide bonds. The summed E-state index contributed by atoms with van der Waals surface area (Å²) in [5.74, 6) is 0.230. The third-order valence-corrected chi connectivity index (χ3v) is 5.06. The Balaban J connectivity index is 2.19. The molecule has 1 atom stereocenters. The van der Waals surface area contributed by atoms with Gasteiger partial charge in [0.1, 0.15) is 11.9 Å². The normalized spacial score (nSPS) is 11.5. The van der Waals surface area contributed by atoms with Crippen molar-refractivity contribution in [3.05, 3.63) is 59.4 Å². The van der Waals surface area contributed by atoms with Crippen LogP contribution in [0.2, 0.25) is 0 Å². The Morgan fingerprint density at radius 3 is 2.28 bits per heavy atom. The van der Waals surface area contributed by atoms with E-state index in [1.165, 1.54) is 24.1 Å². The number of methoxy groups -OCH3 is 3. The van der Waals surface area contributed by atoms with Crippen LogP contribution in [0.5, 0.6) is 11.5 Å². The van der Waals surface area contributed by atoms with Crippen molar-refractivity contribution in [1.29, 1.82) is 0 Å². The van der Waals surface area contributed by atoms with Crippen molar-refractivity contribution >= 4 is 11.8 Å². The fourth-order valence-corrected chi connectivity index (χ4v) is 3.21. The smallest absolute Gasteiger partial charge is 0.242 e. The summed E-state index contributed by atoms with van der Waals surface area (Å²) in [6.07, 6.45) is 0.745. The van der Waals surface area contributed by atoms with E-state index in [-0.39, 0.29) is 30.6 Å². The lowest BCUT2D eigenvalue weighted by atomic mass is 10.1. The van der Waals surface area contributed by atoms with Gasteiger partial charge in [-0.25, -0.2) is 4.39 Å². The van der Waals surface area contributed by atoms with Crippen molar-refractivity contribution in [3.8, 4) is 11.5 Å². The molecule has 174 valence electrons. The summed E-state index contributed by atoms with van der Waals surface area (Å²) in [4.78, 5) is 27.4. The van der Waals surface area contributed by atoms with Gasteiger partial charge in [-0.15, -0.1) is 0 Å². The second kappa shape index (κ2) is 12.7. The predicted octanol–water partition coefficient (Wildman–Crippen LogP) is 2.96. The Morgan fingerprint density at radius 2 is 1.66 bits per heavy atom. The van der Waals surface area contributed by atoms with E-state index in [1.54, 1.807) is 51.5 Å². The molecule has 0 saturated carbocycles. The summed E-state index contributed by atoms with van der Waals surface area (Å²) in [6.45, 7) is 2.85. The fraction of sp³-hybridized carbons (Fsp3) is 0.417. The van der Waals surface area contributed by atoms with E-state index in [9.17, 15) is 14.0 Å². The van der Waals surface area contributed by atoms with Gasteiger partial charge in [-0.1, -0.05) is 18.2 Å². The largest absolute Gasteiger partial charge is 0.493 e. The molecule has 0 aliphatic rings. The number of hydrogen-bond donors (Lipinski definition) is 1. The van der Waals surface area contributed by atoms with Crippen molar-refractivity contribution in [3.63, 3.8) is 0 Å². The highest BCUT2D eigenvalue weighted by Gasteiger charge is 2.26. The molecule has 0 spiro atoms. The first-order valence-electron chi connectivity index (χ1n) is 10.4. The van der Waals surface area contributed by atoms with E-state index in [0.717, 1.165) is 11.1 Å². The zero-order chi connectivity index (χ0) is 23.5. The van der Waals surface area contributed by atoms with E-state index in [4.69, 9.17) is 14.2 Å². The predicted molar refractivity (Wildman–Crippen MR) is 119 cm³/mol. The molecule has 1 N–H and O–H groups in total. The maximum absolute atomic E-state index is 13.3. The van der Waals surface area contributed by atoms with E-state index >= 15 is 0 Å². The van der Waals surface area contributed by atoms with Gasteiger partial charge in [0.05, 0.1) is 20.6 Å². The minimum atomic E-state index is -0.713. The van der Waals surface area contributed by atoms with Gasteiger partial charge in [-0.05, 0) is 48.7 Å². The molecule has 8 heteroatoms. The lowest BCUT2D eigenvalue weighted by Crippen LogP contribution is -2.48. The number of carbonyl (C=O) groups excluding carboxylic acids is 2. The molecule has 32 heavy (non-hydrogen) atoms. The molecule has 0 aliphatic carbocycles. The van der Waals surface area contributed by atoms with Crippen LogP contribution in [0, 0.1) is 5.82 Å². The topological polar surface area (TPSA) is 77.1 Å². The van der Waals surface area contributed by atoms with Crippen LogP contribution in [0.25, 0.3) is 0 Å². The average molecular weight is 447 g/mol. The maximum atomic E-state index is 13.3. The fourth-order valence-electron chi connectivity index (χ4n) is 3.21. The van der Waals surface area contributed by atoms with Gasteiger partial charge in [-0.3, -0.25) is 9.59 Å². The van der Waals surface area contributed by atoms with Crippen molar-refractivity contribution in [2.45, 2.75) is 32.4 Å². The number of nitrogens with one attached hydrogen (secondary N) is 1. The number of nitrogens with zero attached hydrogens (tertiary/aromatic N) is 1. The van der Waals surface area contributed by atoms with Gasteiger partial charge < -0.3 is 24.4 Å². The summed E-state index contributed by atoms with van der Waals surface area (Å²) < 4.78 is 28.9. The molecular formula is C24H31FN2O5. The lowest BCUT2D eigenvalue weighted by molar-refractivity contribution is -0.140. The highest BCUT2D eigenvalue weighted by atomic mass is 19.1. The molecule has 7 nitrogen and oxygen atoms in total. The van der Waals surface area contributed by atoms with Crippen LogP contribution >= 0.6 is 0 Å². The van der Waals surface area contributed by atoms with Crippen LogP contribution in [0.4, 0.5) is 4.39 Å². The molecule has 0 radical (unpaired) electrons. The Morgan fingerprint density at radius 1 is 1.00 bits per heavy atom. The van der Waals surface area contributed by atoms with Crippen molar-refractivity contribution < 1.29 is 28.2 Å². The SMILES string of the molecule is COCCCNC(=O)C(C)N(Cc1ccc(F)cc1)C(=O)Cc1ccc(OC)c(OC)c1. The van der Waals surface area contributed by atoms with Crippen LogP contribution in [0.3, 0.4) is 0 Å². The van der Waals surface area contributed by atoms with Crippen LogP contribution in [-0.4, -0.2) is 57.2 Å². The van der Waals surface area contributed by atoms with Crippen molar-refractivity contribution in [2.75, 3.05) is 34.5 Å². The van der Waals surface area contributed by atoms with Crippen molar-refractivity contribution in [2.24, 2.45) is 0 Å². The number of carbonyl (C=O) groups is 2. The lowest BCUT2D eigenvalue weighted by Gasteiger charge is -2.29. The van der Waals surface area contributed by atoms with E-state index in [0.29, 0.717) is 31.1 Å². The Bertz CT molecular complexity index is 888. The summed E-state index contributed by atoms with van der Waals surface area (Å²) in [6, 6.07) is 10.4. The van der Waals surface area contributed by atoms with Crippen LogP contribution < -0.4 is 14.8 Å². The highest BCUT2D eigenvalue weighted by molar-refractivity contribution is 5.88. The third-order valence-electron chi connectivity index (χ3n) is 5.06. The van der Waals surface area contributed by atoms with Gasteiger partial charge in [-0.2, -0.15) is 0 Å². The summed E-state index contributed by atoms with van der Waals surface area (Å²) in [5, 5.41) is 2.84. The van der Waals surface area contributed by atoms with Crippen molar-refractivity contribution in [1.82, 2.24) is 10.2 Å². The number of amides is 2. The second-order valence-corrected chi connectivity index (χ2v) is 7.33. The first-order chi connectivity index (χ1) is 15.4. The molecule has 0 bridgehead atoms. The van der Waals surface area contributed by atoms with Gasteiger partial charge in [0.15, 0.2) is 11.5 Å². The van der Waals surface area contributed by atoms with Crippen LogP contribution in [-0.2, 0) is 27.3 Å². The van der Waals surface area contributed by atoms with Crippen LogP contribution in [0.15, 0.2) is 42.5 Å². The van der Waals surface area contributed by atoms with Gasteiger partial charge in [0.2, 0.25) is 11.8 Å². The Kier molecular flexibility index (Phi) is 9.94. The minimum Gasteiger partial charge on any atom is -0.493 e. The third kappa shape index (κ3) is 7.23. The zero-order valence-electron chi connectivity index (χ0n) is 19.0. The van der Waals surface area contributed by atoms with Gasteiger partial charge >= 0.3 is 0 Å². The quantitative estimate of drug-likeness (QED) is 0.508. The first kappa shape index (κ1) is 25.1. The number of benzene rings is 2. The average Bonchev–Trinajstić information content (AvgIpc) is 2.80. The Hall–Kier alpha value is -3.13. The monoisotopic (exact) mass is 446 g/mol. The molecule has 0 aromatic heterocycles. The standard InChI is InChI=1S/C24H31FN2O5/c1-17(24(29)26-12-5-13-30-2)27(16-18-6-9-20(25)10-7-18)23(28)15-19-8-11-21(31-3)22(14-19)32-4/h6-11,14,17H,5,12-13,15-16H2,1-4H3,(H,26,29). The zero-order valence-corrected chi connectivity index (χ0v) is 19.0. The van der Waals surface area contributed by atoms with Gasteiger partial charge in [0.25, 0.3) is 0 Å². The number of halogens is 1. The van der Waals surface area contributed by atoms with E-state index < -0.39 is 6.04 Å². The number of ether oxygens (including phenoxy) is 3. The minimum absolute atomic E-state index is 0.0723. The van der Waals surface area contributed by atoms with Crippen LogP contribution in [0.1, 0.15) is 24.5 Å². The first-order valence-corrected chi connectivity index (χ1v) is 10.4. The molecule has 1 unspecified atom stereocenters. The molecule has 2 rings (SSSR count). The highest BCUT2D eigenvalue weighted by Crippen LogP contribution is 2.28. The second-order valence-electron chi connectivity index (χ2n) is 7.33. The molecular weight excluding hydrogens is 415 g/mol. The molecule has 0 saturated heterocycles. The summed E-state index contributed by atoms with van der Waals surface area (Å²) >= 11 is 0. The maximum Gasteiger partial charge on any atom is 0.242 e.